The molecule has 0 aliphatic heterocycles. The van der Waals surface area contributed by atoms with Crippen LogP contribution in [-0.4, -0.2) is 23.8 Å². The van der Waals surface area contributed by atoms with Gasteiger partial charge in [0.2, 0.25) is 0 Å². The van der Waals surface area contributed by atoms with E-state index in [0.29, 0.717) is 5.75 Å². The lowest BCUT2D eigenvalue weighted by atomic mass is 10.2. The Morgan fingerprint density at radius 3 is 2.25 bits per heavy atom. The van der Waals surface area contributed by atoms with E-state index in [-0.39, 0.29) is 5.69 Å². The number of benzene rings is 2. The van der Waals surface area contributed by atoms with Crippen LogP contribution in [0.1, 0.15) is 0 Å². The molecule has 0 fully saturated rings. The van der Waals surface area contributed by atoms with E-state index >= 15 is 0 Å². The number of imidazole rings is 1. The van der Waals surface area contributed by atoms with Gasteiger partial charge in [-0.15, -0.1) is 0 Å². The van der Waals surface area contributed by atoms with Crippen LogP contribution < -0.4 is 15.2 Å². The molecule has 0 amide bonds. The first-order chi connectivity index (χ1) is 9.72. The average molecular weight is 270 g/mol. The van der Waals surface area contributed by atoms with E-state index in [0.717, 1.165) is 22.5 Å². The Kier molecular flexibility index (Phi) is 2.95. The minimum Gasteiger partial charge on any atom is -0.497 e. The molecule has 3 aromatic rings. The third-order valence-corrected chi connectivity index (χ3v) is 3.22. The quantitative estimate of drug-likeness (QED) is 0.794. The number of aromatic amines is 1. The van der Waals surface area contributed by atoms with Gasteiger partial charge in [0.15, 0.2) is 0 Å². The maximum atomic E-state index is 12.1. The summed E-state index contributed by atoms with van der Waals surface area (Å²) in [5, 5.41) is 0. The van der Waals surface area contributed by atoms with E-state index < -0.39 is 0 Å². The smallest absolute Gasteiger partial charge is 0.331 e. The third-order valence-electron chi connectivity index (χ3n) is 3.22. The van der Waals surface area contributed by atoms with Crippen molar-refractivity contribution in [1.29, 1.82) is 0 Å². The monoisotopic (exact) mass is 270 g/mol. The van der Waals surface area contributed by atoms with Gasteiger partial charge in [0.05, 0.1) is 30.9 Å². The van der Waals surface area contributed by atoms with Gasteiger partial charge < -0.3 is 14.5 Å². The largest absolute Gasteiger partial charge is 0.497 e. The Hall–Kier alpha value is -2.69. The fraction of sp³-hybridized carbons (Fsp3) is 0.133. The molecule has 1 heterocycles. The molecule has 102 valence electrons. The number of hydrogen-bond donors (Lipinski definition) is 1. The zero-order valence-corrected chi connectivity index (χ0v) is 11.2. The van der Waals surface area contributed by atoms with Crippen molar-refractivity contribution in [2.24, 2.45) is 0 Å². The van der Waals surface area contributed by atoms with Gasteiger partial charge in [0.1, 0.15) is 11.5 Å². The second-order valence-corrected chi connectivity index (χ2v) is 4.35. The van der Waals surface area contributed by atoms with E-state index in [1.54, 1.807) is 18.8 Å². The van der Waals surface area contributed by atoms with Crippen LogP contribution in [-0.2, 0) is 0 Å². The van der Waals surface area contributed by atoms with E-state index in [9.17, 15) is 4.79 Å². The SMILES string of the molecule is COc1ccc(-n2c(=O)[nH]c3ccc(OC)cc32)cc1. The number of fused-ring (bicyclic) bond motifs is 1. The second kappa shape index (κ2) is 4.77. The van der Waals surface area contributed by atoms with E-state index in [4.69, 9.17) is 9.47 Å². The minimum absolute atomic E-state index is 0.182. The summed E-state index contributed by atoms with van der Waals surface area (Å²) in [6.45, 7) is 0. The number of aromatic nitrogens is 2. The van der Waals surface area contributed by atoms with E-state index in [2.05, 4.69) is 4.98 Å². The van der Waals surface area contributed by atoms with E-state index in [1.165, 1.54) is 0 Å². The fourth-order valence-corrected chi connectivity index (χ4v) is 2.20. The Bertz CT molecular complexity index is 800. The van der Waals surface area contributed by atoms with Crippen LogP contribution in [0.3, 0.4) is 0 Å². The second-order valence-electron chi connectivity index (χ2n) is 4.35. The van der Waals surface area contributed by atoms with Crippen LogP contribution in [0.2, 0.25) is 0 Å². The minimum atomic E-state index is -0.182. The van der Waals surface area contributed by atoms with Gasteiger partial charge >= 0.3 is 5.69 Å². The van der Waals surface area contributed by atoms with Crippen molar-refractivity contribution in [3.05, 3.63) is 52.9 Å². The predicted octanol–water partition coefficient (Wildman–Crippen LogP) is 2.34. The van der Waals surface area contributed by atoms with Crippen molar-refractivity contribution in [1.82, 2.24) is 9.55 Å². The zero-order chi connectivity index (χ0) is 14.1. The predicted molar refractivity (Wildman–Crippen MR) is 77.0 cm³/mol. The highest BCUT2D eigenvalue weighted by atomic mass is 16.5. The standard InChI is InChI=1S/C15H14N2O3/c1-19-11-5-3-10(4-6-11)17-14-9-12(20-2)7-8-13(14)16-15(17)18/h3-9H,1-2H3,(H,16,18). The molecule has 0 atom stereocenters. The van der Waals surface area contributed by atoms with Crippen molar-refractivity contribution in [2.45, 2.75) is 0 Å². The van der Waals surface area contributed by atoms with Crippen molar-refractivity contribution >= 4 is 11.0 Å². The first kappa shape index (κ1) is 12.3. The molecule has 0 radical (unpaired) electrons. The highest BCUT2D eigenvalue weighted by Crippen LogP contribution is 2.22. The lowest BCUT2D eigenvalue weighted by molar-refractivity contribution is 0.414. The molecule has 3 rings (SSSR count). The molecule has 0 spiro atoms. The lowest BCUT2D eigenvalue weighted by Gasteiger charge is -2.06. The highest BCUT2D eigenvalue weighted by molar-refractivity contribution is 5.79. The molecule has 1 aromatic heterocycles. The van der Waals surface area contributed by atoms with Gasteiger partial charge in [-0.1, -0.05) is 0 Å². The Morgan fingerprint density at radius 1 is 0.950 bits per heavy atom. The summed E-state index contributed by atoms with van der Waals surface area (Å²) in [5.74, 6) is 1.46. The van der Waals surface area contributed by atoms with Crippen molar-refractivity contribution < 1.29 is 9.47 Å². The maximum Gasteiger partial charge on any atom is 0.331 e. The molecule has 5 nitrogen and oxygen atoms in total. The lowest BCUT2D eigenvalue weighted by Crippen LogP contribution is -2.14. The first-order valence-corrected chi connectivity index (χ1v) is 6.16. The van der Waals surface area contributed by atoms with Gasteiger partial charge in [0.25, 0.3) is 0 Å². The first-order valence-electron chi connectivity index (χ1n) is 6.16. The van der Waals surface area contributed by atoms with Crippen LogP contribution in [0.15, 0.2) is 47.3 Å². The number of ether oxygens (including phenoxy) is 2. The Labute approximate surface area is 115 Å². The average Bonchev–Trinajstić information content (AvgIpc) is 2.82. The maximum absolute atomic E-state index is 12.1. The molecule has 0 aliphatic rings. The van der Waals surface area contributed by atoms with Crippen molar-refractivity contribution in [3.63, 3.8) is 0 Å². The van der Waals surface area contributed by atoms with Crippen LogP contribution in [0, 0.1) is 0 Å². The number of rotatable bonds is 3. The topological polar surface area (TPSA) is 56.2 Å². The van der Waals surface area contributed by atoms with Gasteiger partial charge in [-0.05, 0) is 36.4 Å². The number of nitrogens with zero attached hydrogens (tertiary/aromatic N) is 1. The van der Waals surface area contributed by atoms with Crippen LogP contribution >= 0.6 is 0 Å². The molecule has 0 aliphatic carbocycles. The molecule has 0 bridgehead atoms. The zero-order valence-electron chi connectivity index (χ0n) is 11.2. The van der Waals surface area contributed by atoms with E-state index in [1.807, 2.05) is 42.5 Å². The van der Waals surface area contributed by atoms with Gasteiger partial charge in [-0.3, -0.25) is 4.57 Å². The van der Waals surface area contributed by atoms with Crippen LogP contribution in [0.25, 0.3) is 16.7 Å². The summed E-state index contributed by atoms with van der Waals surface area (Å²) in [7, 11) is 3.21. The molecule has 1 N–H and O–H groups in total. The van der Waals surface area contributed by atoms with Gasteiger partial charge in [-0.25, -0.2) is 4.79 Å². The summed E-state index contributed by atoms with van der Waals surface area (Å²) >= 11 is 0. The van der Waals surface area contributed by atoms with Gasteiger partial charge in [-0.2, -0.15) is 0 Å². The van der Waals surface area contributed by atoms with Crippen molar-refractivity contribution in [3.8, 4) is 17.2 Å². The number of H-pyrrole nitrogens is 1. The molecule has 0 unspecified atom stereocenters. The van der Waals surface area contributed by atoms with Gasteiger partial charge in [0, 0.05) is 6.07 Å². The number of hydrogen-bond acceptors (Lipinski definition) is 3. The Balaban J connectivity index is 2.23. The summed E-state index contributed by atoms with van der Waals surface area (Å²) in [6, 6.07) is 12.8. The van der Waals surface area contributed by atoms with Crippen molar-refractivity contribution in [2.75, 3.05) is 14.2 Å². The third kappa shape index (κ3) is 1.93. The highest BCUT2D eigenvalue weighted by Gasteiger charge is 2.09. The molecule has 0 saturated heterocycles. The Morgan fingerprint density at radius 2 is 1.60 bits per heavy atom. The normalized spacial score (nSPS) is 10.7. The van der Waals surface area contributed by atoms with Crippen LogP contribution in [0.4, 0.5) is 0 Å². The molecule has 0 saturated carbocycles. The summed E-state index contributed by atoms with van der Waals surface area (Å²) < 4.78 is 11.9. The molecular formula is C15H14N2O3. The fourth-order valence-electron chi connectivity index (χ4n) is 2.20. The molecular weight excluding hydrogens is 256 g/mol. The molecule has 2 aromatic carbocycles. The summed E-state index contributed by atoms with van der Waals surface area (Å²) in [5.41, 5.74) is 2.14. The number of methoxy groups -OCH3 is 2. The van der Waals surface area contributed by atoms with Crippen LogP contribution in [0.5, 0.6) is 11.5 Å². The number of nitrogens with one attached hydrogen (secondary N) is 1. The summed E-state index contributed by atoms with van der Waals surface area (Å²) in [6.07, 6.45) is 0. The summed E-state index contributed by atoms with van der Waals surface area (Å²) in [4.78, 5) is 15.0. The molecule has 5 heteroatoms. The molecule has 20 heavy (non-hydrogen) atoms.